The van der Waals surface area contributed by atoms with E-state index in [0.29, 0.717) is 23.4 Å². The minimum atomic E-state index is 0.0536. The number of piperazine rings is 1. The van der Waals surface area contributed by atoms with Gasteiger partial charge in [-0.2, -0.15) is 0 Å². The molecule has 3 heterocycles. The molecule has 0 aromatic carbocycles. The van der Waals surface area contributed by atoms with E-state index >= 15 is 0 Å². The molecule has 3 rings (SSSR count). The average Bonchev–Trinajstić information content (AvgIpc) is 3.36. The molecule has 7 heteroatoms. The molecule has 6 nitrogen and oxygen atoms in total. The molecule has 0 N–H and O–H groups in total. The quantitative estimate of drug-likeness (QED) is 0.283. The fraction of sp³-hybridized carbons (Fsp3) is 0.815. The summed E-state index contributed by atoms with van der Waals surface area (Å²) in [5.74, 6) is 0.384. The molecule has 2 amide bonds. The summed E-state index contributed by atoms with van der Waals surface area (Å²) in [6.45, 7) is 7.28. The van der Waals surface area contributed by atoms with Crippen LogP contribution in [-0.2, 0) is 4.79 Å². The van der Waals surface area contributed by atoms with Crippen molar-refractivity contribution in [3.8, 4) is 0 Å². The summed E-state index contributed by atoms with van der Waals surface area (Å²) in [5.41, 5.74) is 0. The number of hydrogen-bond acceptors (Lipinski definition) is 5. The molecule has 0 radical (unpaired) electrons. The number of rotatable bonds is 16. The minimum Gasteiger partial charge on any atom is -0.339 e. The third-order valence-corrected chi connectivity index (χ3v) is 8.20. The number of carbonyl (C=O) groups excluding carboxylic acids is 2. The van der Waals surface area contributed by atoms with Crippen LogP contribution in [0.25, 0.3) is 0 Å². The highest BCUT2D eigenvalue weighted by Gasteiger charge is 2.36. The Balaban J connectivity index is 1.13. The van der Waals surface area contributed by atoms with Crippen LogP contribution >= 0.6 is 11.3 Å². The maximum absolute atomic E-state index is 12.5. The second-order valence-corrected chi connectivity index (χ2v) is 11.0. The van der Waals surface area contributed by atoms with Gasteiger partial charge in [0.05, 0.1) is 0 Å². The summed E-state index contributed by atoms with van der Waals surface area (Å²) < 4.78 is 0. The summed E-state index contributed by atoms with van der Waals surface area (Å²) in [7, 11) is 0. The van der Waals surface area contributed by atoms with E-state index in [1.165, 1.54) is 88.4 Å². The third-order valence-electron chi connectivity index (χ3n) is 7.44. The molecule has 0 aliphatic carbocycles. The molecule has 1 aromatic rings. The van der Waals surface area contributed by atoms with Crippen molar-refractivity contribution >= 4 is 23.2 Å². The van der Waals surface area contributed by atoms with Gasteiger partial charge in [-0.05, 0) is 6.42 Å². The van der Waals surface area contributed by atoms with Crippen molar-refractivity contribution in [2.75, 3.05) is 39.3 Å². The highest BCUT2D eigenvalue weighted by Crippen LogP contribution is 2.20. The van der Waals surface area contributed by atoms with Gasteiger partial charge in [0.2, 0.25) is 5.91 Å². The van der Waals surface area contributed by atoms with Crippen molar-refractivity contribution in [2.45, 2.75) is 103 Å². The van der Waals surface area contributed by atoms with E-state index in [-0.39, 0.29) is 5.91 Å². The normalized spacial score (nSPS) is 17.2. The van der Waals surface area contributed by atoms with Crippen LogP contribution in [-0.4, -0.2) is 76.8 Å². The van der Waals surface area contributed by atoms with Gasteiger partial charge in [-0.1, -0.05) is 84.0 Å². The second kappa shape index (κ2) is 15.5. The lowest BCUT2D eigenvalue weighted by Crippen LogP contribution is -2.64. The fourth-order valence-corrected chi connectivity index (χ4v) is 5.70. The molecule has 0 spiro atoms. The highest BCUT2D eigenvalue weighted by atomic mass is 32.1. The maximum atomic E-state index is 12.5. The molecule has 34 heavy (non-hydrogen) atoms. The fourth-order valence-electron chi connectivity index (χ4n) is 5.10. The summed E-state index contributed by atoms with van der Waals surface area (Å²) in [5, 5.41) is 2.43. The number of unbranched alkanes of at least 4 members (excludes halogenated alkanes) is 12. The number of amides is 2. The molecule has 0 unspecified atom stereocenters. The van der Waals surface area contributed by atoms with Crippen LogP contribution in [0.4, 0.5) is 0 Å². The molecule has 2 aliphatic heterocycles. The van der Waals surface area contributed by atoms with Crippen molar-refractivity contribution in [3.63, 3.8) is 0 Å². The number of thiazole rings is 1. The summed E-state index contributed by atoms with van der Waals surface area (Å²) in [6.07, 6.45) is 19.8. The van der Waals surface area contributed by atoms with Gasteiger partial charge in [0.15, 0.2) is 5.01 Å². The Morgan fingerprint density at radius 2 is 1.38 bits per heavy atom. The zero-order valence-corrected chi connectivity index (χ0v) is 22.2. The van der Waals surface area contributed by atoms with Gasteiger partial charge in [0.1, 0.15) is 0 Å². The smallest absolute Gasteiger partial charge is 0.282 e. The molecule has 2 saturated heterocycles. The largest absolute Gasteiger partial charge is 0.339 e. The minimum absolute atomic E-state index is 0.0536. The molecule has 192 valence electrons. The van der Waals surface area contributed by atoms with Crippen molar-refractivity contribution in [1.82, 2.24) is 19.7 Å². The van der Waals surface area contributed by atoms with E-state index in [1.807, 2.05) is 15.2 Å². The van der Waals surface area contributed by atoms with Crippen LogP contribution in [0.3, 0.4) is 0 Å². The van der Waals surface area contributed by atoms with Crippen LogP contribution in [0.1, 0.15) is 107 Å². The molecule has 0 saturated carbocycles. The zero-order valence-electron chi connectivity index (χ0n) is 21.4. The number of carbonyl (C=O) groups is 2. The van der Waals surface area contributed by atoms with Gasteiger partial charge in [0, 0.05) is 63.3 Å². The van der Waals surface area contributed by atoms with Crippen molar-refractivity contribution in [1.29, 1.82) is 0 Å². The predicted octanol–water partition coefficient (Wildman–Crippen LogP) is 5.59. The molecule has 1 aromatic heterocycles. The second-order valence-electron chi connectivity index (χ2n) is 10.1. The van der Waals surface area contributed by atoms with E-state index in [1.54, 1.807) is 6.20 Å². The molecule has 2 aliphatic rings. The molecular formula is C27H46N4O2S. The van der Waals surface area contributed by atoms with Gasteiger partial charge in [-0.25, -0.2) is 4.98 Å². The zero-order chi connectivity index (χ0) is 24.0. The van der Waals surface area contributed by atoms with Crippen molar-refractivity contribution < 1.29 is 9.59 Å². The Kier molecular flexibility index (Phi) is 12.4. The Morgan fingerprint density at radius 1 is 0.824 bits per heavy atom. The van der Waals surface area contributed by atoms with Crippen LogP contribution in [0.5, 0.6) is 0 Å². The Labute approximate surface area is 211 Å². The average molecular weight is 491 g/mol. The van der Waals surface area contributed by atoms with Crippen LogP contribution in [0, 0.1) is 0 Å². The number of likely N-dealkylation sites (tertiary alicyclic amines) is 1. The van der Waals surface area contributed by atoms with Gasteiger partial charge < -0.3 is 9.80 Å². The Morgan fingerprint density at radius 3 is 1.91 bits per heavy atom. The van der Waals surface area contributed by atoms with Crippen molar-refractivity contribution in [3.05, 3.63) is 16.6 Å². The lowest BCUT2D eigenvalue weighted by molar-refractivity contribution is -0.139. The third kappa shape index (κ3) is 8.95. The Hall–Kier alpha value is -1.47. The number of aromatic nitrogens is 1. The topological polar surface area (TPSA) is 56.8 Å². The molecule has 2 fully saturated rings. The van der Waals surface area contributed by atoms with Crippen LogP contribution in [0.15, 0.2) is 11.6 Å². The molecular weight excluding hydrogens is 444 g/mol. The molecule has 0 bridgehead atoms. The van der Waals surface area contributed by atoms with Gasteiger partial charge >= 0.3 is 0 Å². The lowest BCUT2D eigenvalue weighted by atomic mass is 10.0. The lowest BCUT2D eigenvalue weighted by Gasteiger charge is -2.48. The highest BCUT2D eigenvalue weighted by molar-refractivity contribution is 7.11. The molecule has 0 atom stereocenters. The summed E-state index contributed by atoms with van der Waals surface area (Å²) in [6, 6.07) is 0.465. The maximum Gasteiger partial charge on any atom is 0.282 e. The first-order chi connectivity index (χ1) is 16.7. The first-order valence-corrected chi connectivity index (χ1v) is 14.8. The van der Waals surface area contributed by atoms with E-state index in [9.17, 15) is 9.59 Å². The van der Waals surface area contributed by atoms with E-state index in [2.05, 4.69) is 16.8 Å². The predicted molar refractivity (Wildman–Crippen MR) is 140 cm³/mol. The van der Waals surface area contributed by atoms with Gasteiger partial charge in [-0.3, -0.25) is 14.5 Å². The van der Waals surface area contributed by atoms with Crippen molar-refractivity contribution in [2.24, 2.45) is 0 Å². The van der Waals surface area contributed by atoms with Crippen LogP contribution < -0.4 is 0 Å². The number of nitrogens with zero attached hydrogens (tertiary/aromatic N) is 4. The van der Waals surface area contributed by atoms with Crippen LogP contribution in [0.2, 0.25) is 0 Å². The van der Waals surface area contributed by atoms with E-state index in [4.69, 9.17) is 0 Å². The SMILES string of the molecule is CCCCCCCCCCCCCCCC(=O)N1CC(N2CCN(C(=O)c3nccs3)CC2)C1. The summed E-state index contributed by atoms with van der Waals surface area (Å²) in [4.78, 5) is 35.4. The van der Waals surface area contributed by atoms with Gasteiger partial charge in [0.25, 0.3) is 5.91 Å². The first kappa shape index (κ1) is 27.1. The number of hydrogen-bond donors (Lipinski definition) is 0. The van der Waals surface area contributed by atoms with E-state index in [0.717, 1.165) is 45.7 Å². The monoisotopic (exact) mass is 490 g/mol. The van der Waals surface area contributed by atoms with Gasteiger partial charge in [-0.15, -0.1) is 11.3 Å². The Bertz CT molecular complexity index is 697. The van der Waals surface area contributed by atoms with E-state index < -0.39 is 0 Å². The standard InChI is InChI=1S/C27H46N4O2S/c1-2-3-4-5-6-7-8-9-10-11-12-13-14-15-25(32)31-22-24(23-31)29-17-19-30(20-18-29)27(33)26-28-16-21-34-26/h16,21,24H,2-15,17-20,22-23H2,1H3. The first-order valence-electron chi connectivity index (χ1n) is 13.9. The summed E-state index contributed by atoms with van der Waals surface area (Å²) >= 11 is 1.41.